The van der Waals surface area contributed by atoms with Crippen LogP contribution in [-0.4, -0.2) is 35.4 Å². The maximum absolute atomic E-state index is 11.7. The van der Waals surface area contributed by atoms with Gasteiger partial charge in [0.1, 0.15) is 0 Å². The molecule has 1 aromatic rings. The average molecular weight is 265 g/mol. The Hall–Kier alpha value is -1.52. The molecule has 0 atom stereocenters. The van der Waals surface area contributed by atoms with E-state index in [0.29, 0.717) is 6.61 Å². The second kappa shape index (κ2) is 5.63. The van der Waals surface area contributed by atoms with Gasteiger partial charge in [0, 0.05) is 20.1 Å². The molecule has 0 aromatic carbocycles. The van der Waals surface area contributed by atoms with Crippen LogP contribution in [0, 0.1) is 19.8 Å². The first-order valence-electron chi connectivity index (χ1n) is 6.96. The molecule has 0 N–H and O–H groups in total. The lowest BCUT2D eigenvalue weighted by Gasteiger charge is -2.32. The van der Waals surface area contributed by atoms with E-state index in [-0.39, 0.29) is 11.9 Å². The van der Waals surface area contributed by atoms with Crippen molar-refractivity contribution in [2.24, 2.45) is 13.0 Å². The van der Waals surface area contributed by atoms with Gasteiger partial charge >= 0.3 is 5.97 Å². The van der Waals surface area contributed by atoms with E-state index < -0.39 is 0 Å². The van der Waals surface area contributed by atoms with E-state index in [0.717, 1.165) is 31.6 Å². The molecule has 0 unspecified atom stereocenters. The molecule has 0 bridgehead atoms. The normalized spacial score (nSPS) is 16.7. The monoisotopic (exact) mass is 265 g/mol. The first-order valence-corrected chi connectivity index (χ1v) is 6.96. The number of carbonyl (C=O) groups excluding carboxylic acids is 1. The van der Waals surface area contributed by atoms with E-state index >= 15 is 0 Å². The van der Waals surface area contributed by atoms with Gasteiger partial charge in [-0.3, -0.25) is 9.48 Å². The SMILES string of the molecule is CCOC(=O)C1CCN(c2c(C)nn(C)c2C)CC1. The largest absolute Gasteiger partial charge is 0.466 e. The van der Waals surface area contributed by atoms with Crippen LogP contribution in [-0.2, 0) is 16.6 Å². The number of carbonyl (C=O) groups is 1. The molecule has 0 spiro atoms. The summed E-state index contributed by atoms with van der Waals surface area (Å²) in [4.78, 5) is 14.1. The van der Waals surface area contributed by atoms with E-state index in [2.05, 4.69) is 16.9 Å². The number of hydrogen-bond donors (Lipinski definition) is 0. The van der Waals surface area contributed by atoms with Crippen molar-refractivity contribution in [3.63, 3.8) is 0 Å². The van der Waals surface area contributed by atoms with E-state index in [1.165, 1.54) is 11.4 Å². The third kappa shape index (κ3) is 2.74. The molecule has 1 saturated heterocycles. The van der Waals surface area contributed by atoms with Gasteiger partial charge in [0.15, 0.2) is 0 Å². The molecule has 1 aliphatic rings. The van der Waals surface area contributed by atoms with E-state index in [9.17, 15) is 4.79 Å². The van der Waals surface area contributed by atoms with Gasteiger partial charge in [0.25, 0.3) is 0 Å². The van der Waals surface area contributed by atoms with Crippen molar-refractivity contribution >= 4 is 11.7 Å². The molecule has 106 valence electrons. The smallest absolute Gasteiger partial charge is 0.309 e. The molecule has 5 nitrogen and oxygen atoms in total. The summed E-state index contributed by atoms with van der Waals surface area (Å²) in [6.45, 7) is 8.26. The summed E-state index contributed by atoms with van der Waals surface area (Å²) < 4.78 is 7.02. The maximum atomic E-state index is 11.7. The van der Waals surface area contributed by atoms with Crippen LogP contribution in [0.2, 0.25) is 0 Å². The van der Waals surface area contributed by atoms with E-state index in [4.69, 9.17) is 4.74 Å². The first kappa shape index (κ1) is 13.9. The maximum Gasteiger partial charge on any atom is 0.309 e. The van der Waals surface area contributed by atoms with Gasteiger partial charge in [-0.25, -0.2) is 0 Å². The standard InChI is InChI=1S/C14H23N3O2/c1-5-19-14(18)12-6-8-17(9-7-12)13-10(2)15-16(4)11(13)3/h12H,5-9H2,1-4H3. The highest BCUT2D eigenvalue weighted by Gasteiger charge is 2.28. The number of aromatic nitrogens is 2. The third-order valence-corrected chi connectivity index (χ3v) is 3.90. The zero-order chi connectivity index (χ0) is 14.0. The fourth-order valence-corrected chi connectivity index (χ4v) is 2.82. The van der Waals surface area contributed by atoms with Crippen LogP contribution in [0.1, 0.15) is 31.2 Å². The number of rotatable bonds is 3. The van der Waals surface area contributed by atoms with Crippen LogP contribution in [0.15, 0.2) is 0 Å². The van der Waals surface area contributed by atoms with Crippen molar-refractivity contribution in [2.75, 3.05) is 24.6 Å². The van der Waals surface area contributed by atoms with Crippen molar-refractivity contribution in [3.05, 3.63) is 11.4 Å². The van der Waals surface area contributed by atoms with E-state index in [1.54, 1.807) is 0 Å². The minimum absolute atomic E-state index is 0.0400. The summed E-state index contributed by atoms with van der Waals surface area (Å²) in [5.74, 6) is 0.0234. The van der Waals surface area contributed by atoms with Gasteiger partial charge in [-0.2, -0.15) is 5.10 Å². The number of piperidine rings is 1. The predicted molar refractivity (Wildman–Crippen MR) is 74.3 cm³/mol. The molecule has 19 heavy (non-hydrogen) atoms. The second-order valence-corrected chi connectivity index (χ2v) is 5.16. The Kier molecular flexibility index (Phi) is 4.12. The predicted octanol–water partition coefficient (Wildman–Crippen LogP) is 1.82. The van der Waals surface area contributed by atoms with Crippen molar-refractivity contribution < 1.29 is 9.53 Å². The Balaban J connectivity index is 2.02. The van der Waals surface area contributed by atoms with Gasteiger partial charge in [-0.15, -0.1) is 0 Å². The highest BCUT2D eigenvalue weighted by molar-refractivity contribution is 5.73. The Morgan fingerprint density at radius 2 is 2.00 bits per heavy atom. The van der Waals surface area contributed by atoms with Gasteiger partial charge in [-0.05, 0) is 33.6 Å². The summed E-state index contributed by atoms with van der Waals surface area (Å²) in [5.41, 5.74) is 3.48. The summed E-state index contributed by atoms with van der Waals surface area (Å²) in [6.07, 6.45) is 1.74. The van der Waals surface area contributed by atoms with Crippen LogP contribution in [0.25, 0.3) is 0 Å². The molecule has 5 heteroatoms. The molecule has 1 fully saturated rings. The van der Waals surface area contributed by atoms with Crippen LogP contribution >= 0.6 is 0 Å². The lowest BCUT2D eigenvalue weighted by atomic mass is 9.96. The van der Waals surface area contributed by atoms with Gasteiger partial charge in [0.05, 0.1) is 29.6 Å². The number of hydrogen-bond acceptors (Lipinski definition) is 4. The number of ether oxygens (including phenoxy) is 1. The number of nitrogens with zero attached hydrogens (tertiary/aromatic N) is 3. The van der Waals surface area contributed by atoms with Crippen LogP contribution in [0.3, 0.4) is 0 Å². The Morgan fingerprint density at radius 3 is 2.47 bits per heavy atom. The second-order valence-electron chi connectivity index (χ2n) is 5.16. The fraction of sp³-hybridized carbons (Fsp3) is 0.714. The van der Waals surface area contributed by atoms with Gasteiger partial charge < -0.3 is 9.64 Å². The number of esters is 1. The van der Waals surface area contributed by atoms with Crippen molar-refractivity contribution in [3.8, 4) is 0 Å². The average Bonchev–Trinajstić information content (AvgIpc) is 2.64. The molecule has 0 aliphatic carbocycles. The third-order valence-electron chi connectivity index (χ3n) is 3.90. The highest BCUT2D eigenvalue weighted by Crippen LogP contribution is 2.28. The molecule has 0 saturated carbocycles. The lowest BCUT2D eigenvalue weighted by Crippen LogP contribution is -2.37. The van der Waals surface area contributed by atoms with Crippen molar-refractivity contribution in [2.45, 2.75) is 33.6 Å². The molecule has 1 aliphatic heterocycles. The highest BCUT2D eigenvalue weighted by atomic mass is 16.5. The summed E-state index contributed by atoms with van der Waals surface area (Å²) >= 11 is 0. The van der Waals surface area contributed by atoms with Gasteiger partial charge in [0.2, 0.25) is 0 Å². The number of anilines is 1. The Bertz CT molecular complexity index is 460. The topological polar surface area (TPSA) is 47.4 Å². The molecule has 0 amide bonds. The first-order chi connectivity index (χ1) is 9.04. The number of aryl methyl sites for hydroxylation is 2. The van der Waals surface area contributed by atoms with Crippen LogP contribution in [0.4, 0.5) is 5.69 Å². The quantitative estimate of drug-likeness (QED) is 0.782. The lowest BCUT2D eigenvalue weighted by molar-refractivity contribution is -0.148. The molecular weight excluding hydrogens is 242 g/mol. The minimum atomic E-state index is -0.0400. The molecular formula is C14H23N3O2. The summed E-state index contributed by atoms with van der Waals surface area (Å²) in [5, 5.41) is 4.45. The Labute approximate surface area is 114 Å². The summed E-state index contributed by atoms with van der Waals surface area (Å²) in [7, 11) is 1.97. The van der Waals surface area contributed by atoms with E-state index in [1.807, 2.05) is 25.6 Å². The summed E-state index contributed by atoms with van der Waals surface area (Å²) in [6, 6.07) is 0. The molecule has 0 radical (unpaired) electrons. The zero-order valence-electron chi connectivity index (χ0n) is 12.3. The molecule has 1 aromatic heterocycles. The fourth-order valence-electron chi connectivity index (χ4n) is 2.82. The zero-order valence-corrected chi connectivity index (χ0v) is 12.3. The van der Waals surface area contributed by atoms with Gasteiger partial charge in [-0.1, -0.05) is 0 Å². The van der Waals surface area contributed by atoms with Crippen LogP contribution in [0.5, 0.6) is 0 Å². The Morgan fingerprint density at radius 1 is 1.37 bits per heavy atom. The molecule has 2 heterocycles. The van der Waals surface area contributed by atoms with Crippen molar-refractivity contribution in [1.82, 2.24) is 9.78 Å². The van der Waals surface area contributed by atoms with Crippen LogP contribution < -0.4 is 4.90 Å². The van der Waals surface area contributed by atoms with Crippen molar-refractivity contribution in [1.29, 1.82) is 0 Å². The minimum Gasteiger partial charge on any atom is -0.466 e. The molecule has 2 rings (SSSR count).